The first-order valence-corrected chi connectivity index (χ1v) is 11.4. The molecular formula is C23H28F6N4O5. The summed E-state index contributed by atoms with van der Waals surface area (Å²) in [5.74, 6) is -5.51. The Balaban J connectivity index is 0.000000301. The van der Waals surface area contributed by atoms with Crippen molar-refractivity contribution < 1.29 is 50.9 Å². The van der Waals surface area contributed by atoms with E-state index in [0.29, 0.717) is 0 Å². The maximum Gasteiger partial charge on any atom is 0.490 e. The fraction of sp³-hybridized carbons (Fsp3) is 0.522. The quantitative estimate of drug-likeness (QED) is 0.555. The summed E-state index contributed by atoms with van der Waals surface area (Å²) in [6.07, 6.45) is -3.74. The number of ether oxygens (including phenoxy) is 1. The molecular weight excluding hydrogens is 526 g/mol. The van der Waals surface area contributed by atoms with E-state index in [0.717, 1.165) is 45.8 Å². The van der Waals surface area contributed by atoms with Crippen LogP contribution in [0.3, 0.4) is 0 Å². The van der Waals surface area contributed by atoms with Crippen LogP contribution in [0.15, 0.2) is 42.7 Å². The number of anilines is 1. The molecule has 2 aliphatic rings. The number of carboxylic acids is 2. The van der Waals surface area contributed by atoms with Gasteiger partial charge in [0, 0.05) is 57.2 Å². The van der Waals surface area contributed by atoms with Crippen molar-refractivity contribution in [3.05, 3.63) is 48.3 Å². The number of rotatable bonds is 3. The van der Waals surface area contributed by atoms with Gasteiger partial charge in [0.05, 0.1) is 18.4 Å². The zero-order valence-corrected chi connectivity index (χ0v) is 20.4. The van der Waals surface area contributed by atoms with Crippen LogP contribution >= 0.6 is 0 Å². The monoisotopic (exact) mass is 554 g/mol. The smallest absolute Gasteiger partial charge is 0.475 e. The molecule has 4 rings (SSSR count). The molecule has 1 aromatic heterocycles. The number of hydrogen-bond donors (Lipinski definition) is 2. The highest BCUT2D eigenvalue weighted by atomic mass is 19.4. The van der Waals surface area contributed by atoms with Gasteiger partial charge in [0.1, 0.15) is 0 Å². The van der Waals surface area contributed by atoms with Crippen LogP contribution in [0.5, 0.6) is 0 Å². The standard InChI is InChI=1S/C19H26N4O.2C2HF3O2/c1-21-13-17(12-20-21)14-22-10-11-24-19(15-22)8-5-9-23(16-19)18-6-3-2-4-7-18;2*3-2(4,5)1(6)7/h2-4,6-7,12-13H,5,8-11,14-16H2,1H3;2*(H,6,7). The van der Waals surface area contributed by atoms with Crippen LogP contribution in [0.1, 0.15) is 18.4 Å². The van der Waals surface area contributed by atoms with E-state index in [2.05, 4.69) is 51.4 Å². The van der Waals surface area contributed by atoms with Gasteiger partial charge < -0.3 is 19.8 Å². The van der Waals surface area contributed by atoms with E-state index >= 15 is 0 Å². The number of piperidine rings is 1. The minimum Gasteiger partial charge on any atom is -0.475 e. The number of morpholine rings is 1. The van der Waals surface area contributed by atoms with Crippen LogP contribution in [0.25, 0.3) is 0 Å². The molecule has 2 aliphatic heterocycles. The van der Waals surface area contributed by atoms with Gasteiger partial charge in [-0.2, -0.15) is 31.4 Å². The zero-order chi connectivity index (χ0) is 28.6. The van der Waals surface area contributed by atoms with Gasteiger partial charge in [-0.15, -0.1) is 0 Å². The number of nitrogens with zero attached hydrogens (tertiary/aromatic N) is 4. The number of aryl methyl sites for hydroxylation is 1. The molecule has 0 bridgehead atoms. The van der Waals surface area contributed by atoms with Gasteiger partial charge in [-0.25, -0.2) is 9.59 Å². The Labute approximate surface area is 214 Å². The van der Waals surface area contributed by atoms with Crippen molar-refractivity contribution in [2.75, 3.05) is 37.7 Å². The summed E-state index contributed by atoms with van der Waals surface area (Å²) in [5, 5.41) is 18.5. The predicted molar refractivity (Wildman–Crippen MR) is 122 cm³/mol. The summed E-state index contributed by atoms with van der Waals surface area (Å²) in [6.45, 7) is 5.90. The highest BCUT2D eigenvalue weighted by molar-refractivity contribution is 5.73. The fourth-order valence-corrected chi connectivity index (χ4v) is 4.07. The van der Waals surface area contributed by atoms with Crippen LogP contribution in [-0.4, -0.2) is 87.6 Å². The molecule has 15 heteroatoms. The number of alkyl halides is 6. The van der Waals surface area contributed by atoms with Crippen molar-refractivity contribution in [1.82, 2.24) is 14.7 Å². The van der Waals surface area contributed by atoms with Crippen molar-refractivity contribution in [1.29, 1.82) is 0 Å². The van der Waals surface area contributed by atoms with Crippen LogP contribution in [0.4, 0.5) is 32.0 Å². The third-order valence-electron chi connectivity index (χ3n) is 5.64. The minimum atomic E-state index is -5.08. The molecule has 9 nitrogen and oxygen atoms in total. The van der Waals surface area contributed by atoms with Crippen LogP contribution < -0.4 is 4.90 Å². The van der Waals surface area contributed by atoms with Crippen molar-refractivity contribution in [2.24, 2.45) is 7.05 Å². The third-order valence-corrected chi connectivity index (χ3v) is 5.64. The zero-order valence-electron chi connectivity index (χ0n) is 20.4. The first-order chi connectivity index (χ1) is 17.6. The van der Waals surface area contributed by atoms with Crippen molar-refractivity contribution in [3.8, 4) is 0 Å². The van der Waals surface area contributed by atoms with Crippen molar-refractivity contribution >= 4 is 17.6 Å². The van der Waals surface area contributed by atoms with Gasteiger partial charge in [0.2, 0.25) is 0 Å². The first kappa shape index (κ1) is 30.9. The van der Waals surface area contributed by atoms with E-state index < -0.39 is 24.3 Å². The summed E-state index contributed by atoms with van der Waals surface area (Å²) in [7, 11) is 1.98. The maximum absolute atomic E-state index is 10.6. The number of hydrogen-bond acceptors (Lipinski definition) is 6. The largest absolute Gasteiger partial charge is 0.490 e. The Kier molecular flexibility index (Phi) is 10.5. The van der Waals surface area contributed by atoms with E-state index in [-0.39, 0.29) is 5.60 Å². The molecule has 0 amide bonds. The highest BCUT2D eigenvalue weighted by Crippen LogP contribution is 2.32. The molecule has 1 unspecified atom stereocenters. The van der Waals surface area contributed by atoms with E-state index in [9.17, 15) is 26.3 Å². The molecule has 0 aliphatic carbocycles. The average Bonchev–Trinajstić information content (AvgIpc) is 3.23. The number of aromatic nitrogens is 2. The Morgan fingerprint density at radius 3 is 2.08 bits per heavy atom. The Morgan fingerprint density at radius 2 is 1.58 bits per heavy atom. The molecule has 38 heavy (non-hydrogen) atoms. The number of para-hydroxylation sites is 1. The minimum absolute atomic E-state index is 0.0332. The Hall–Kier alpha value is -3.33. The topological polar surface area (TPSA) is 108 Å². The molecule has 1 spiro atoms. The fourth-order valence-electron chi connectivity index (χ4n) is 4.07. The van der Waals surface area contributed by atoms with Gasteiger partial charge >= 0.3 is 24.3 Å². The lowest BCUT2D eigenvalue weighted by Crippen LogP contribution is -2.59. The molecule has 2 aromatic rings. The predicted octanol–water partition coefficient (Wildman–Crippen LogP) is 3.56. The van der Waals surface area contributed by atoms with E-state index in [1.54, 1.807) is 0 Å². The molecule has 1 atom stereocenters. The van der Waals surface area contributed by atoms with Gasteiger partial charge in [0.15, 0.2) is 0 Å². The molecule has 2 saturated heterocycles. The molecule has 0 saturated carbocycles. The normalized spacial score (nSPS) is 20.1. The summed E-state index contributed by atoms with van der Waals surface area (Å²) in [4.78, 5) is 22.8. The third kappa shape index (κ3) is 9.85. The van der Waals surface area contributed by atoms with Gasteiger partial charge in [0.25, 0.3) is 0 Å². The van der Waals surface area contributed by atoms with E-state index in [4.69, 9.17) is 24.5 Å². The second-order valence-electron chi connectivity index (χ2n) is 8.73. The Morgan fingerprint density at radius 1 is 1.00 bits per heavy atom. The maximum atomic E-state index is 10.6. The lowest BCUT2D eigenvalue weighted by molar-refractivity contribution is -0.193. The van der Waals surface area contributed by atoms with Gasteiger partial charge in [-0.3, -0.25) is 9.58 Å². The lowest BCUT2D eigenvalue weighted by atomic mass is 9.90. The second kappa shape index (κ2) is 13.0. The van der Waals surface area contributed by atoms with Crippen LogP contribution in [0, 0.1) is 0 Å². The molecule has 3 heterocycles. The van der Waals surface area contributed by atoms with Gasteiger partial charge in [-0.1, -0.05) is 18.2 Å². The summed E-state index contributed by atoms with van der Waals surface area (Å²) in [5.41, 5.74) is 2.56. The average molecular weight is 554 g/mol. The molecule has 0 radical (unpaired) electrons. The molecule has 2 fully saturated rings. The molecule has 2 N–H and O–H groups in total. The van der Waals surface area contributed by atoms with Crippen LogP contribution in [0.2, 0.25) is 0 Å². The molecule has 212 valence electrons. The SMILES string of the molecule is Cn1cc(CN2CCOC3(CCCN(c4ccccc4)C3)C2)cn1.O=C(O)C(F)(F)F.O=C(O)C(F)(F)F. The van der Waals surface area contributed by atoms with Crippen LogP contribution in [-0.2, 0) is 27.9 Å². The number of carboxylic acid groups (broad SMARTS) is 2. The summed E-state index contributed by atoms with van der Waals surface area (Å²) < 4.78 is 71.7. The Bertz CT molecular complexity index is 1020. The number of halogens is 6. The number of aliphatic carboxylic acids is 2. The second-order valence-corrected chi connectivity index (χ2v) is 8.73. The number of carbonyl (C=O) groups is 2. The van der Waals surface area contributed by atoms with Gasteiger partial charge in [-0.05, 0) is 25.0 Å². The molecule has 1 aromatic carbocycles. The van der Waals surface area contributed by atoms with E-state index in [1.165, 1.54) is 17.7 Å². The van der Waals surface area contributed by atoms with Crippen molar-refractivity contribution in [3.63, 3.8) is 0 Å². The number of benzene rings is 1. The summed E-state index contributed by atoms with van der Waals surface area (Å²) in [6, 6.07) is 10.7. The first-order valence-electron chi connectivity index (χ1n) is 11.4. The summed E-state index contributed by atoms with van der Waals surface area (Å²) >= 11 is 0. The highest BCUT2D eigenvalue weighted by Gasteiger charge is 2.41. The van der Waals surface area contributed by atoms with Crippen molar-refractivity contribution in [2.45, 2.75) is 37.3 Å². The van der Waals surface area contributed by atoms with E-state index in [1.807, 2.05) is 17.9 Å². The lowest BCUT2D eigenvalue weighted by Gasteiger charge is -2.48.